The average Bonchev–Trinajstić information content (AvgIpc) is 2.27. The zero-order chi connectivity index (χ0) is 12.6. The quantitative estimate of drug-likeness (QED) is 0.666. The van der Waals surface area contributed by atoms with Gasteiger partial charge in [-0.05, 0) is 39.5 Å². The molecule has 0 N–H and O–H groups in total. The molecule has 0 heterocycles. The van der Waals surface area contributed by atoms with Crippen LogP contribution >= 0.6 is 0 Å². The maximum absolute atomic E-state index is 11.7. The van der Waals surface area contributed by atoms with Gasteiger partial charge in [-0.3, -0.25) is 0 Å². The molecule has 0 bridgehead atoms. The molecule has 2 unspecified atom stereocenters. The fourth-order valence-corrected chi connectivity index (χ4v) is 1.95. The van der Waals surface area contributed by atoms with Crippen LogP contribution in [0.15, 0.2) is 0 Å². The Morgan fingerprint density at radius 1 is 1.19 bits per heavy atom. The van der Waals surface area contributed by atoms with E-state index in [1.54, 1.807) is 4.90 Å². The lowest BCUT2D eigenvalue weighted by atomic mass is 9.95. The molecule has 0 aromatic heterocycles. The number of rotatable bonds is 7. The summed E-state index contributed by atoms with van der Waals surface area (Å²) >= 11 is 0. The van der Waals surface area contributed by atoms with Crippen LogP contribution in [0.3, 0.4) is 0 Å². The molecule has 0 aliphatic rings. The first-order valence-electron chi connectivity index (χ1n) is 6.56. The summed E-state index contributed by atoms with van der Waals surface area (Å²) in [6.07, 6.45) is 3.19. The van der Waals surface area contributed by atoms with Crippen molar-refractivity contribution in [1.29, 1.82) is 0 Å². The summed E-state index contributed by atoms with van der Waals surface area (Å²) in [5, 5.41) is 0. The molecule has 3 nitrogen and oxygen atoms in total. The number of amides is 1. The standard InChI is InChI=1S/C13H27NO2/c1-6-10-12(7-2)11(5)16-13(15)14(8-3)9-4/h11-12H,6-10H2,1-5H3. The van der Waals surface area contributed by atoms with Crippen LogP contribution in [-0.2, 0) is 4.74 Å². The fourth-order valence-electron chi connectivity index (χ4n) is 1.95. The normalized spacial score (nSPS) is 14.3. The van der Waals surface area contributed by atoms with Gasteiger partial charge in [-0.25, -0.2) is 4.79 Å². The van der Waals surface area contributed by atoms with Gasteiger partial charge in [0.1, 0.15) is 6.10 Å². The largest absolute Gasteiger partial charge is 0.446 e. The van der Waals surface area contributed by atoms with E-state index in [0.717, 1.165) is 19.3 Å². The molecule has 2 atom stereocenters. The van der Waals surface area contributed by atoms with E-state index in [1.807, 2.05) is 20.8 Å². The van der Waals surface area contributed by atoms with Crippen molar-refractivity contribution in [3.8, 4) is 0 Å². The summed E-state index contributed by atoms with van der Waals surface area (Å²) in [5.41, 5.74) is 0. The molecule has 0 aromatic rings. The van der Waals surface area contributed by atoms with E-state index >= 15 is 0 Å². The summed E-state index contributed by atoms with van der Waals surface area (Å²) in [5.74, 6) is 0.490. The van der Waals surface area contributed by atoms with Crippen molar-refractivity contribution in [2.75, 3.05) is 13.1 Å². The van der Waals surface area contributed by atoms with Gasteiger partial charge in [-0.1, -0.05) is 20.3 Å². The third kappa shape index (κ3) is 4.86. The predicted molar refractivity (Wildman–Crippen MR) is 67.6 cm³/mol. The van der Waals surface area contributed by atoms with Crippen LogP contribution in [0.4, 0.5) is 4.79 Å². The number of hydrogen-bond acceptors (Lipinski definition) is 2. The zero-order valence-electron chi connectivity index (χ0n) is 11.5. The predicted octanol–water partition coefficient (Wildman–Crippen LogP) is 3.68. The van der Waals surface area contributed by atoms with Crippen LogP contribution in [0.2, 0.25) is 0 Å². The van der Waals surface area contributed by atoms with Crippen LogP contribution in [0.25, 0.3) is 0 Å². The summed E-state index contributed by atoms with van der Waals surface area (Å²) in [4.78, 5) is 13.5. The SMILES string of the molecule is CCCC(CC)C(C)OC(=O)N(CC)CC. The van der Waals surface area contributed by atoms with Crippen molar-refractivity contribution < 1.29 is 9.53 Å². The van der Waals surface area contributed by atoms with Gasteiger partial charge in [-0.2, -0.15) is 0 Å². The van der Waals surface area contributed by atoms with Gasteiger partial charge in [0.2, 0.25) is 0 Å². The van der Waals surface area contributed by atoms with Crippen molar-refractivity contribution >= 4 is 6.09 Å². The minimum atomic E-state index is -0.174. The van der Waals surface area contributed by atoms with Gasteiger partial charge < -0.3 is 9.64 Å². The van der Waals surface area contributed by atoms with E-state index in [4.69, 9.17) is 4.74 Å². The lowest BCUT2D eigenvalue weighted by Gasteiger charge is -2.26. The molecule has 0 rings (SSSR count). The Balaban J connectivity index is 4.19. The topological polar surface area (TPSA) is 29.5 Å². The minimum absolute atomic E-state index is 0.0260. The Morgan fingerprint density at radius 2 is 1.75 bits per heavy atom. The van der Waals surface area contributed by atoms with E-state index in [-0.39, 0.29) is 12.2 Å². The summed E-state index contributed by atoms with van der Waals surface area (Å²) in [7, 11) is 0. The van der Waals surface area contributed by atoms with E-state index in [9.17, 15) is 4.79 Å². The highest BCUT2D eigenvalue weighted by atomic mass is 16.6. The van der Waals surface area contributed by atoms with Gasteiger partial charge in [0, 0.05) is 13.1 Å². The number of carbonyl (C=O) groups is 1. The van der Waals surface area contributed by atoms with Crippen molar-refractivity contribution in [2.24, 2.45) is 5.92 Å². The molecule has 0 spiro atoms. The molecule has 0 radical (unpaired) electrons. The van der Waals surface area contributed by atoms with Crippen LogP contribution in [0.1, 0.15) is 53.9 Å². The number of ether oxygens (including phenoxy) is 1. The molecular formula is C13H27NO2. The Bertz CT molecular complexity index is 190. The molecule has 0 aromatic carbocycles. The molecule has 0 aliphatic heterocycles. The molecule has 16 heavy (non-hydrogen) atoms. The average molecular weight is 229 g/mol. The number of nitrogens with zero attached hydrogens (tertiary/aromatic N) is 1. The Morgan fingerprint density at radius 3 is 2.12 bits per heavy atom. The fraction of sp³-hybridized carbons (Fsp3) is 0.923. The number of hydrogen-bond donors (Lipinski definition) is 0. The minimum Gasteiger partial charge on any atom is -0.446 e. The Labute approximate surface area is 100 Å². The van der Waals surface area contributed by atoms with Gasteiger partial charge in [-0.15, -0.1) is 0 Å². The van der Waals surface area contributed by atoms with Crippen LogP contribution < -0.4 is 0 Å². The molecular weight excluding hydrogens is 202 g/mol. The van der Waals surface area contributed by atoms with Crippen LogP contribution in [-0.4, -0.2) is 30.2 Å². The first-order chi connectivity index (χ1) is 7.60. The smallest absolute Gasteiger partial charge is 0.410 e. The van der Waals surface area contributed by atoms with Gasteiger partial charge in [0.25, 0.3) is 0 Å². The highest BCUT2D eigenvalue weighted by molar-refractivity contribution is 5.67. The van der Waals surface area contributed by atoms with E-state index < -0.39 is 0 Å². The van der Waals surface area contributed by atoms with E-state index in [1.165, 1.54) is 0 Å². The first-order valence-corrected chi connectivity index (χ1v) is 6.56. The monoisotopic (exact) mass is 229 g/mol. The first kappa shape index (κ1) is 15.3. The Hall–Kier alpha value is -0.730. The lowest BCUT2D eigenvalue weighted by Crippen LogP contribution is -2.35. The summed E-state index contributed by atoms with van der Waals surface area (Å²) in [6, 6.07) is 0. The van der Waals surface area contributed by atoms with E-state index in [0.29, 0.717) is 19.0 Å². The van der Waals surface area contributed by atoms with Gasteiger partial charge in [0.15, 0.2) is 0 Å². The lowest BCUT2D eigenvalue weighted by molar-refractivity contribution is 0.0421. The van der Waals surface area contributed by atoms with Crippen molar-refractivity contribution in [2.45, 2.75) is 60.0 Å². The number of carbonyl (C=O) groups excluding carboxylic acids is 1. The maximum atomic E-state index is 11.7. The second kappa shape index (κ2) is 8.43. The molecule has 1 amide bonds. The second-order valence-corrected chi connectivity index (χ2v) is 4.22. The molecule has 3 heteroatoms. The van der Waals surface area contributed by atoms with Crippen LogP contribution in [0, 0.1) is 5.92 Å². The van der Waals surface area contributed by atoms with Crippen molar-refractivity contribution in [1.82, 2.24) is 4.90 Å². The molecule has 0 saturated carbocycles. The third-order valence-corrected chi connectivity index (χ3v) is 3.16. The van der Waals surface area contributed by atoms with Gasteiger partial charge in [0.05, 0.1) is 0 Å². The molecule has 96 valence electrons. The summed E-state index contributed by atoms with van der Waals surface area (Å²) in [6.45, 7) is 11.7. The van der Waals surface area contributed by atoms with Crippen LogP contribution in [0.5, 0.6) is 0 Å². The summed E-state index contributed by atoms with van der Waals surface area (Å²) < 4.78 is 5.49. The third-order valence-electron chi connectivity index (χ3n) is 3.16. The molecule has 0 saturated heterocycles. The maximum Gasteiger partial charge on any atom is 0.410 e. The highest BCUT2D eigenvalue weighted by Crippen LogP contribution is 2.18. The van der Waals surface area contributed by atoms with Crippen molar-refractivity contribution in [3.05, 3.63) is 0 Å². The Kier molecular flexibility index (Phi) is 8.04. The second-order valence-electron chi connectivity index (χ2n) is 4.22. The van der Waals surface area contributed by atoms with Crippen molar-refractivity contribution in [3.63, 3.8) is 0 Å². The van der Waals surface area contributed by atoms with Gasteiger partial charge >= 0.3 is 6.09 Å². The van der Waals surface area contributed by atoms with E-state index in [2.05, 4.69) is 13.8 Å². The highest BCUT2D eigenvalue weighted by Gasteiger charge is 2.20. The molecule has 0 fully saturated rings. The molecule has 0 aliphatic carbocycles. The zero-order valence-corrected chi connectivity index (χ0v) is 11.5.